The van der Waals surface area contributed by atoms with Gasteiger partial charge in [0, 0.05) is 46.7 Å². The summed E-state index contributed by atoms with van der Waals surface area (Å²) in [5, 5.41) is 13.9. The van der Waals surface area contributed by atoms with Gasteiger partial charge in [-0.05, 0) is 61.6 Å². The number of para-hydroxylation sites is 1. The summed E-state index contributed by atoms with van der Waals surface area (Å²) in [5.74, 6) is -0.835. The topological polar surface area (TPSA) is 97.1 Å². The molecule has 3 aromatic heterocycles. The molecular formula is C28H24N4O3. The third-order valence-corrected chi connectivity index (χ3v) is 8.51. The summed E-state index contributed by atoms with van der Waals surface area (Å²) in [6.07, 6.45) is 10.5. The second-order valence-corrected chi connectivity index (χ2v) is 10.3. The molecule has 3 heterocycles. The van der Waals surface area contributed by atoms with Gasteiger partial charge in [-0.25, -0.2) is 0 Å². The molecule has 0 bridgehead atoms. The molecule has 0 spiro atoms. The Morgan fingerprint density at radius 2 is 1.80 bits per heavy atom. The van der Waals surface area contributed by atoms with Crippen LogP contribution in [-0.2, 0) is 11.3 Å². The predicted octanol–water partition coefficient (Wildman–Crippen LogP) is 4.27. The maximum absolute atomic E-state index is 13.5. The van der Waals surface area contributed by atoms with E-state index in [1.807, 2.05) is 60.9 Å². The molecule has 3 aliphatic rings. The van der Waals surface area contributed by atoms with Crippen LogP contribution in [-0.4, -0.2) is 37.1 Å². The number of carboxylic acid groups (broad SMARTS) is 1. The summed E-state index contributed by atoms with van der Waals surface area (Å²) in [6, 6.07) is 15.7. The van der Waals surface area contributed by atoms with Crippen LogP contribution >= 0.6 is 0 Å². The number of nitrogens with zero attached hydrogens (tertiary/aromatic N) is 3. The van der Waals surface area contributed by atoms with Crippen molar-refractivity contribution in [2.75, 3.05) is 0 Å². The molecule has 0 aliphatic heterocycles. The van der Waals surface area contributed by atoms with Gasteiger partial charge < -0.3 is 15.0 Å². The Balaban J connectivity index is 1.15. The highest BCUT2D eigenvalue weighted by molar-refractivity contribution is 6.06. The zero-order valence-electron chi connectivity index (χ0n) is 19.1. The van der Waals surface area contributed by atoms with Gasteiger partial charge in [0.2, 0.25) is 0 Å². The lowest BCUT2D eigenvalue weighted by atomic mass is 10.0. The average molecular weight is 465 g/mol. The van der Waals surface area contributed by atoms with E-state index in [9.17, 15) is 14.7 Å². The van der Waals surface area contributed by atoms with Crippen molar-refractivity contribution in [1.29, 1.82) is 0 Å². The quantitative estimate of drug-likeness (QED) is 0.426. The van der Waals surface area contributed by atoms with Crippen LogP contribution < -0.4 is 5.32 Å². The number of fused-ring (bicyclic) bond motifs is 2. The summed E-state index contributed by atoms with van der Waals surface area (Å²) in [6.45, 7) is 0.543. The van der Waals surface area contributed by atoms with Crippen LogP contribution in [0.5, 0.6) is 0 Å². The molecule has 7 heteroatoms. The largest absolute Gasteiger partial charge is 0.481 e. The number of hydrogen-bond donors (Lipinski definition) is 2. The molecule has 7 nitrogen and oxygen atoms in total. The molecule has 0 atom stereocenters. The van der Waals surface area contributed by atoms with Gasteiger partial charge in [0.1, 0.15) is 0 Å². The maximum Gasteiger partial charge on any atom is 0.310 e. The van der Waals surface area contributed by atoms with E-state index in [-0.39, 0.29) is 16.9 Å². The maximum atomic E-state index is 13.5. The van der Waals surface area contributed by atoms with Crippen LogP contribution in [0.4, 0.5) is 0 Å². The second-order valence-electron chi connectivity index (χ2n) is 10.3. The van der Waals surface area contributed by atoms with Crippen molar-refractivity contribution in [1.82, 2.24) is 19.9 Å². The normalized spacial score (nSPS) is 25.0. The third kappa shape index (κ3) is 2.84. The Kier molecular flexibility index (Phi) is 3.95. The Hall–Kier alpha value is -4.00. The van der Waals surface area contributed by atoms with Crippen molar-refractivity contribution < 1.29 is 14.7 Å². The van der Waals surface area contributed by atoms with Crippen molar-refractivity contribution in [3.05, 3.63) is 84.6 Å². The Morgan fingerprint density at radius 1 is 1.00 bits per heavy atom. The molecule has 2 N–H and O–H groups in total. The molecule has 1 aromatic carbocycles. The van der Waals surface area contributed by atoms with Crippen LogP contribution in [0.1, 0.15) is 41.7 Å². The van der Waals surface area contributed by atoms with E-state index < -0.39 is 11.4 Å². The zero-order chi connectivity index (χ0) is 23.8. The molecule has 3 aliphatic carbocycles. The summed E-state index contributed by atoms with van der Waals surface area (Å²) in [5.41, 5.74) is 3.31. The van der Waals surface area contributed by atoms with Crippen molar-refractivity contribution in [3.63, 3.8) is 0 Å². The van der Waals surface area contributed by atoms with Crippen LogP contribution in [0.3, 0.4) is 0 Å². The molecular weight excluding hydrogens is 440 g/mol. The minimum Gasteiger partial charge on any atom is -0.481 e. The number of rotatable bonds is 7. The van der Waals surface area contributed by atoms with E-state index in [1.165, 1.54) is 0 Å². The molecule has 35 heavy (non-hydrogen) atoms. The van der Waals surface area contributed by atoms with Gasteiger partial charge in [-0.3, -0.25) is 19.6 Å². The van der Waals surface area contributed by atoms with Gasteiger partial charge in [-0.15, -0.1) is 0 Å². The van der Waals surface area contributed by atoms with E-state index in [2.05, 4.69) is 19.9 Å². The third-order valence-electron chi connectivity index (χ3n) is 8.51. The molecule has 7 rings (SSSR count). The highest BCUT2D eigenvalue weighted by atomic mass is 16.4. The van der Waals surface area contributed by atoms with E-state index in [0.29, 0.717) is 24.9 Å². The first kappa shape index (κ1) is 20.4. The van der Waals surface area contributed by atoms with E-state index >= 15 is 0 Å². The van der Waals surface area contributed by atoms with Crippen molar-refractivity contribution >= 4 is 22.8 Å². The predicted molar refractivity (Wildman–Crippen MR) is 130 cm³/mol. The first-order chi connectivity index (χ1) is 17.0. The number of carbonyl (C=O) groups excluding carboxylic acids is 1. The van der Waals surface area contributed by atoms with Gasteiger partial charge in [-0.1, -0.05) is 18.2 Å². The fourth-order valence-electron chi connectivity index (χ4n) is 6.16. The minimum absolute atomic E-state index is 0.124. The lowest BCUT2D eigenvalue weighted by molar-refractivity contribution is -0.141. The number of aromatic nitrogens is 3. The van der Waals surface area contributed by atoms with Gasteiger partial charge >= 0.3 is 5.97 Å². The lowest BCUT2D eigenvalue weighted by Crippen LogP contribution is -2.41. The van der Waals surface area contributed by atoms with Crippen LogP contribution in [0.15, 0.2) is 73.3 Å². The number of pyridine rings is 2. The van der Waals surface area contributed by atoms with Crippen molar-refractivity contribution in [2.24, 2.45) is 10.8 Å². The molecule has 0 saturated heterocycles. The summed E-state index contributed by atoms with van der Waals surface area (Å²) in [4.78, 5) is 33.9. The first-order valence-electron chi connectivity index (χ1n) is 12.0. The Bertz CT molecular complexity index is 1500. The molecule has 3 saturated carbocycles. The number of carbonyl (C=O) groups is 2. The number of nitrogens with one attached hydrogen (secondary N) is 1. The number of amides is 1. The minimum atomic E-state index is -0.712. The van der Waals surface area contributed by atoms with E-state index in [1.54, 1.807) is 12.4 Å². The standard InChI is InChI=1S/C28H24N4O3/c33-24(31-28(9-10-28)27-16-26(27,17-27)25(34)35)22-3-1-2-19-8-13-32(23(19)22)15-21-5-4-20(14-30-21)18-6-11-29-12-7-18/h1-8,11-14H,9-10,15-17H2,(H,31,33)(H,34,35). The highest BCUT2D eigenvalue weighted by Crippen LogP contribution is 2.93. The van der Waals surface area contributed by atoms with Gasteiger partial charge in [0.05, 0.1) is 28.7 Å². The molecule has 0 radical (unpaired) electrons. The highest BCUT2D eigenvalue weighted by Gasteiger charge is 2.95. The van der Waals surface area contributed by atoms with Crippen LogP contribution in [0, 0.1) is 10.8 Å². The van der Waals surface area contributed by atoms with Crippen LogP contribution in [0.2, 0.25) is 0 Å². The number of hydrogen-bond acceptors (Lipinski definition) is 4. The SMILES string of the molecule is O=C(NC1(C23CC2(C(=O)O)C3)CC1)c1cccc2ccn(Cc3ccc(-c4ccncc4)cn3)c12. The van der Waals surface area contributed by atoms with Gasteiger partial charge in [0.25, 0.3) is 5.91 Å². The summed E-state index contributed by atoms with van der Waals surface area (Å²) >= 11 is 0. The summed E-state index contributed by atoms with van der Waals surface area (Å²) in [7, 11) is 0. The zero-order valence-corrected chi connectivity index (χ0v) is 19.1. The van der Waals surface area contributed by atoms with Gasteiger partial charge in [0.15, 0.2) is 0 Å². The van der Waals surface area contributed by atoms with Crippen LogP contribution in [0.25, 0.3) is 22.0 Å². The monoisotopic (exact) mass is 464 g/mol. The van der Waals surface area contributed by atoms with Crippen molar-refractivity contribution in [2.45, 2.75) is 37.8 Å². The Morgan fingerprint density at radius 3 is 2.46 bits per heavy atom. The van der Waals surface area contributed by atoms with E-state index in [0.717, 1.165) is 40.6 Å². The van der Waals surface area contributed by atoms with E-state index in [4.69, 9.17) is 0 Å². The molecule has 3 fully saturated rings. The summed E-state index contributed by atoms with van der Waals surface area (Å²) < 4.78 is 2.06. The molecule has 0 unspecified atom stereocenters. The molecule has 174 valence electrons. The molecule has 4 aromatic rings. The number of benzene rings is 1. The van der Waals surface area contributed by atoms with Crippen molar-refractivity contribution in [3.8, 4) is 11.1 Å². The smallest absolute Gasteiger partial charge is 0.310 e. The Labute approximate surface area is 201 Å². The first-order valence-corrected chi connectivity index (χ1v) is 12.0. The fourth-order valence-corrected chi connectivity index (χ4v) is 6.16. The number of aliphatic carboxylic acids is 1. The average Bonchev–Trinajstić information content (AvgIpc) is 3.79. The second kappa shape index (κ2) is 6.78. The molecule has 1 amide bonds. The van der Waals surface area contributed by atoms with Gasteiger partial charge in [-0.2, -0.15) is 0 Å². The lowest BCUT2D eigenvalue weighted by Gasteiger charge is -2.21. The number of carboxylic acids is 1. The fraction of sp³-hybridized carbons (Fsp3) is 0.286.